The van der Waals surface area contributed by atoms with Crippen molar-refractivity contribution in [2.75, 3.05) is 13.1 Å². The summed E-state index contributed by atoms with van der Waals surface area (Å²) in [5, 5.41) is 0. The zero-order valence-corrected chi connectivity index (χ0v) is 12.0. The first-order valence-electron chi connectivity index (χ1n) is 6.14. The van der Waals surface area contributed by atoms with E-state index >= 15 is 0 Å². The number of nitrogens with two attached hydrogens (primary N) is 1. The Kier molecular flexibility index (Phi) is 5.28. The van der Waals surface area contributed by atoms with Crippen LogP contribution in [0.4, 0.5) is 0 Å². The van der Waals surface area contributed by atoms with E-state index in [1.807, 2.05) is 11.8 Å². The molecule has 4 heteroatoms. The van der Waals surface area contributed by atoms with Crippen LogP contribution in [0.5, 0.6) is 0 Å². The fourth-order valence-electron chi connectivity index (χ4n) is 1.76. The molecule has 0 aromatic heterocycles. The molecule has 0 radical (unpaired) electrons. The number of amides is 1. The summed E-state index contributed by atoms with van der Waals surface area (Å²) >= 11 is 4.88. The number of thiocarbonyl (C=S) groups is 1. The highest BCUT2D eigenvalue weighted by atomic mass is 32.1. The van der Waals surface area contributed by atoms with E-state index in [1.54, 1.807) is 24.3 Å². The Labute approximate surface area is 114 Å². The Morgan fingerprint density at radius 3 is 2.17 bits per heavy atom. The third-order valence-corrected chi connectivity index (χ3v) is 2.91. The summed E-state index contributed by atoms with van der Waals surface area (Å²) in [5.41, 5.74) is 6.99. The number of hydrogen-bond acceptors (Lipinski definition) is 2. The van der Waals surface area contributed by atoms with Gasteiger partial charge in [0.05, 0.1) is 0 Å². The number of rotatable bonds is 5. The first-order valence-corrected chi connectivity index (χ1v) is 6.55. The van der Waals surface area contributed by atoms with E-state index in [2.05, 4.69) is 13.8 Å². The van der Waals surface area contributed by atoms with Gasteiger partial charge in [0.2, 0.25) is 0 Å². The topological polar surface area (TPSA) is 46.3 Å². The van der Waals surface area contributed by atoms with Crippen molar-refractivity contribution in [3.05, 3.63) is 35.4 Å². The molecule has 0 fully saturated rings. The lowest BCUT2D eigenvalue weighted by molar-refractivity contribution is 0.0746. The molecular weight excluding hydrogens is 244 g/mol. The second-order valence-electron chi connectivity index (χ2n) is 4.68. The maximum Gasteiger partial charge on any atom is 0.253 e. The normalized spacial score (nSPS) is 10.4. The van der Waals surface area contributed by atoms with Crippen LogP contribution >= 0.6 is 12.2 Å². The molecule has 0 heterocycles. The van der Waals surface area contributed by atoms with Crippen LogP contribution in [0.25, 0.3) is 0 Å². The van der Waals surface area contributed by atoms with Gasteiger partial charge in [-0.3, -0.25) is 4.79 Å². The predicted octanol–water partition coefficient (Wildman–Crippen LogP) is 2.44. The standard InChI is InChI=1S/C14H20N2OS/c1-4-16(9-10(2)3)14(17)12-7-5-11(6-8-12)13(15)18/h5-8,10H,4,9H2,1-3H3,(H2,15,18). The maximum atomic E-state index is 12.3. The van der Waals surface area contributed by atoms with Gasteiger partial charge in [0.25, 0.3) is 5.91 Å². The minimum atomic E-state index is 0.0562. The van der Waals surface area contributed by atoms with E-state index in [9.17, 15) is 4.79 Å². The summed E-state index contributed by atoms with van der Waals surface area (Å²) in [6.45, 7) is 7.68. The van der Waals surface area contributed by atoms with E-state index in [-0.39, 0.29) is 5.91 Å². The number of hydrogen-bond donors (Lipinski definition) is 1. The van der Waals surface area contributed by atoms with Crippen molar-refractivity contribution in [2.45, 2.75) is 20.8 Å². The van der Waals surface area contributed by atoms with Crippen LogP contribution in [0.15, 0.2) is 24.3 Å². The molecule has 0 aliphatic carbocycles. The van der Waals surface area contributed by atoms with Crippen molar-refractivity contribution in [1.29, 1.82) is 0 Å². The van der Waals surface area contributed by atoms with Crippen molar-refractivity contribution >= 4 is 23.1 Å². The maximum absolute atomic E-state index is 12.3. The largest absolute Gasteiger partial charge is 0.389 e. The van der Waals surface area contributed by atoms with Gasteiger partial charge in [0, 0.05) is 24.2 Å². The lowest BCUT2D eigenvalue weighted by Gasteiger charge is -2.23. The summed E-state index contributed by atoms with van der Waals surface area (Å²) in [5.74, 6) is 0.519. The molecule has 1 aromatic rings. The minimum Gasteiger partial charge on any atom is -0.389 e. The monoisotopic (exact) mass is 264 g/mol. The summed E-state index contributed by atoms with van der Waals surface area (Å²) in [7, 11) is 0. The lowest BCUT2D eigenvalue weighted by Crippen LogP contribution is -2.34. The van der Waals surface area contributed by atoms with Gasteiger partial charge in [-0.2, -0.15) is 0 Å². The van der Waals surface area contributed by atoms with E-state index in [0.717, 1.165) is 12.1 Å². The van der Waals surface area contributed by atoms with Crippen LogP contribution in [0.3, 0.4) is 0 Å². The van der Waals surface area contributed by atoms with Gasteiger partial charge >= 0.3 is 0 Å². The first-order chi connectivity index (χ1) is 8.45. The molecule has 98 valence electrons. The second-order valence-corrected chi connectivity index (χ2v) is 5.12. The molecule has 0 aliphatic rings. The molecule has 2 N–H and O–H groups in total. The highest BCUT2D eigenvalue weighted by Gasteiger charge is 2.15. The quantitative estimate of drug-likeness (QED) is 0.831. The Balaban J connectivity index is 2.85. The Morgan fingerprint density at radius 1 is 1.28 bits per heavy atom. The molecule has 1 amide bonds. The van der Waals surface area contributed by atoms with E-state index in [4.69, 9.17) is 18.0 Å². The smallest absolute Gasteiger partial charge is 0.253 e. The van der Waals surface area contributed by atoms with E-state index in [0.29, 0.717) is 23.0 Å². The summed E-state index contributed by atoms with van der Waals surface area (Å²) in [6.07, 6.45) is 0. The van der Waals surface area contributed by atoms with Crippen LogP contribution in [0.1, 0.15) is 36.7 Å². The number of nitrogens with zero attached hydrogens (tertiary/aromatic N) is 1. The van der Waals surface area contributed by atoms with Crippen molar-refractivity contribution in [3.63, 3.8) is 0 Å². The zero-order valence-electron chi connectivity index (χ0n) is 11.1. The van der Waals surface area contributed by atoms with Gasteiger partial charge in [-0.15, -0.1) is 0 Å². The Morgan fingerprint density at radius 2 is 1.78 bits per heavy atom. The minimum absolute atomic E-state index is 0.0562. The zero-order chi connectivity index (χ0) is 13.7. The van der Waals surface area contributed by atoms with Gasteiger partial charge in [-0.1, -0.05) is 38.2 Å². The fraction of sp³-hybridized carbons (Fsp3) is 0.429. The third-order valence-electron chi connectivity index (χ3n) is 2.67. The molecule has 1 rings (SSSR count). The van der Waals surface area contributed by atoms with Gasteiger partial charge < -0.3 is 10.6 Å². The number of benzene rings is 1. The SMILES string of the molecule is CCN(CC(C)C)C(=O)c1ccc(C(N)=S)cc1. The van der Waals surface area contributed by atoms with Crippen LogP contribution in [0, 0.1) is 5.92 Å². The van der Waals surface area contributed by atoms with E-state index < -0.39 is 0 Å². The molecule has 0 unspecified atom stereocenters. The van der Waals surface area contributed by atoms with Crippen LogP contribution in [-0.4, -0.2) is 28.9 Å². The molecule has 0 atom stereocenters. The molecule has 1 aromatic carbocycles. The van der Waals surface area contributed by atoms with Crippen LogP contribution in [0.2, 0.25) is 0 Å². The molecule has 0 aliphatic heterocycles. The summed E-state index contributed by atoms with van der Waals surface area (Å²) < 4.78 is 0. The Bertz CT molecular complexity index is 426. The predicted molar refractivity (Wildman–Crippen MR) is 78.7 cm³/mol. The molecule has 3 nitrogen and oxygen atoms in total. The van der Waals surface area contributed by atoms with Gasteiger partial charge in [-0.25, -0.2) is 0 Å². The van der Waals surface area contributed by atoms with Gasteiger partial charge in [0.1, 0.15) is 4.99 Å². The summed E-state index contributed by atoms with van der Waals surface area (Å²) in [4.78, 5) is 14.5. The molecule has 0 spiro atoms. The van der Waals surface area contributed by atoms with Gasteiger partial charge in [-0.05, 0) is 25.0 Å². The lowest BCUT2D eigenvalue weighted by atomic mass is 10.1. The Hall–Kier alpha value is -1.42. The second kappa shape index (κ2) is 6.50. The van der Waals surface area contributed by atoms with Crippen molar-refractivity contribution in [2.24, 2.45) is 11.7 Å². The highest BCUT2D eigenvalue weighted by molar-refractivity contribution is 7.80. The van der Waals surface area contributed by atoms with Crippen molar-refractivity contribution in [1.82, 2.24) is 4.90 Å². The van der Waals surface area contributed by atoms with Crippen molar-refractivity contribution in [3.8, 4) is 0 Å². The van der Waals surface area contributed by atoms with Crippen molar-refractivity contribution < 1.29 is 4.79 Å². The number of carbonyl (C=O) groups is 1. The molecule has 18 heavy (non-hydrogen) atoms. The molecule has 0 saturated heterocycles. The number of carbonyl (C=O) groups excluding carboxylic acids is 1. The van der Waals surface area contributed by atoms with Crippen LogP contribution in [-0.2, 0) is 0 Å². The average Bonchev–Trinajstić information content (AvgIpc) is 2.35. The third kappa shape index (κ3) is 3.81. The molecule has 0 saturated carbocycles. The highest BCUT2D eigenvalue weighted by Crippen LogP contribution is 2.09. The molecule has 0 bridgehead atoms. The molecular formula is C14H20N2OS. The van der Waals surface area contributed by atoms with Gasteiger partial charge in [0.15, 0.2) is 0 Å². The average molecular weight is 264 g/mol. The fourth-order valence-corrected chi connectivity index (χ4v) is 1.89. The first kappa shape index (κ1) is 14.6. The van der Waals surface area contributed by atoms with Crippen LogP contribution < -0.4 is 5.73 Å². The summed E-state index contributed by atoms with van der Waals surface area (Å²) in [6, 6.07) is 7.14. The van der Waals surface area contributed by atoms with E-state index in [1.165, 1.54) is 0 Å².